The van der Waals surface area contributed by atoms with Gasteiger partial charge >= 0.3 is 0 Å². The largest absolute Gasteiger partial charge is 0.370 e. The minimum atomic E-state index is 0.341. The van der Waals surface area contributed by atoms with E-state index in [1.165, 1.54) is 0 Å². The highest BCUT2D eigenvalue weighted by atomic mass is 79.9. The Labute approximate surface area is 91.7 Å². The molecule has 1 aromatic carbocycles. The maximum atomic E-state index is 5.83. The standard InChI is InChI=1S/C10H12BrN3/c1-7-6-13-10(12)14(7)9-5-3-2-4-8(9)11/h2-5,7H,6H2,1H3,(H2,12,13). The molecule has 1 atom stereocenters. The van der Waals surface area contributed by atoms with Crippen molar-refractivity contribution in [2.75, 3.05) is 11.4 Å². The highest BCUT2D eigenvalue weighted by Gasteiger charge is 2.24. The molecule has 1 aliphatic heterocycles. The van der Waals surface area contributed by atoms with Gasteiger partial charge in [-0.1, -0.05) is 12.1 Å². The summed E-state index contributed by atoms with van der Waals surface area (Å²) in [5, 5.41) is 0. The van der Waals surface area contributed by atoms with Gasteiger partial charge in [-0.05, 0) is 35.0 Å². The van der Waals surface area contributed by atoms with Gasteiger partial charge in [-0.25, -0.2) is 0 Å². The van der Waals surface area contributed by atoms with Crippen molar-refractivity contribution in [1.82, 2.24) is 0 Å². The van der Waals surface area contributed by atoms with Crippen LogP contribution in [0.15, 0.2) is 33.7 Å². The van der Waals surface area contributed by atoms with Crippen molar-refractivity contribution in [1.29, 1.82) is 0 Å². The Morgan fingerprint density at radius 3 is 2.79 bits per heavy atom. The van der Waals surface area contributed by atoms with Crippen LogP contribution in [0.1, 0.15) is 6.92 Å². The minimum absolute atomic E-state index is 0.341. The average Bonchev–Trinajstić information content (AvgIpc) is 2.48. The topological polar surface area (TPSA) is 41.6 Å². The van der Waals surface area contributed by atoms with E-state index in [1.54, 1.807) is 0 Å². The first kappa shape index (κ1) is 9.52. The van der Waals surface area contributed by atoms with Crippen molar-refractivity contribution in [2.24, 2.45) is 10.7 Å². The van der Waals surface area contributed by atoms with E-state index in [-0.39, 0.29) is 0 Å². The molecule has 74 valence electrons. The molecule has 1 heterocycles. The number of guanidine groups is 1. The normalized spacial score (nSPS) is 21.1. The number of halogens is 1. The summed E-state index contributed by atoms with van der Waals surface area (Å²) in [6, 6.07) is 8.37. The van der Waals surface area contributed by atoms with Gasteiger partial charge in [0.05, 0.1) is 18.3 Å². The number of hydrogen-bond acceptors (Lipinski definition) is 3. The third-order valence-corrected chi connectivity index (χ3v) is 2.99. The molecule has 2 N–H and O–H groups in total. The first-order valence-corrected chi connectivity index (χ1v) is 5.33. The summed E-state index contributed by atoms with van der Waals surface area (Å²) >= 11 is 3.51. The summed E-state index contributed by atoms with van der Waals surface area (Å²) in [6.07, 6.45) is 0. The molecule has 0 radical (unpaired) electrons. The van der Waals surface area contributed by atoms with Gasteiger partial charge in [0.1, 0.15) is 0 Å². The molecule has 1 unspecified atom stereocenters. The van der Waals surface area contributed by atoms with E-state index in [1.807, 2.05) is 29.2 Å². The first-order valence-electron chi connectivity index (χ1n) is 4.54. The molecule has 0 spiro atoms. The van der Waals surface area contributed by atoms with Crippen LogP contribution in [-0.2, 0) is 0 Å². The summed E-state index contributed by atoms with van der Waals surface area (Å²) in [6.45, 7) is 2.88. The molecule has 3 nitrogen and oxygen atoms in total. The monoisotopic (exact) mass is 253 g/mol. The Balaban J connectivity index is 2.40. The molecule has 0 aliphatic carbocycles. The first-order chi connectivity index (χ1) is 6.70. The molecule has 0 amide bonds. The van der Waals surface area contributed by atoms with Crippen LogP contribution < -0.4 is 10.6 Å². The summed E-state index contributed by atoms with van der Waals surface area (Å²) in [5.74, 6) is 0.601. The number of para-hydroxylation sites is 1. The lowest BCUT2D eigenvalue weighted by molar-refractivity contribution is 0.783. The SMILES string of the molecule is CC1CN=C(N)N1c1ccccc1Br. The second-order valence-electron chi connectivity index (χ2n) is 3.37. The van der Waals surface area contributed by atoms with E-state index in [2.05, 4.69) is 27.8 Å². The van der Waals surface area contributed by atoms with Gasteiger partial charge in [-0.15, -0.1) is 0 Å². The number of rotatable bonds is 1. The van der Waals surface area contributed by atoms with Gasteiger partial charge in [0.25, 0.3) is 0 Å². The number of hydrogen-bond donors (Lipinski definition) is 1. The number of aliphatic imine (C=N–C) groups is 1. The van der Waals surface area contributed by atoms with E-state index in [9.17, 15) is 0 Å². The van der Waals surface area contributed by atoms with Crippen LogP contribution in [0.25, 0.3) is 0 Å². The van der Waals surface area contributed by atoms with Crippen molar-refractivity contribution in [3.05, 3.63) is 28.7 Å². The molecule has 1 aromatic rings. The van der Waals surface area contributed by atoms with E-state index < -0.39 is 0 Å². The number of benzene rings is 1. The minimum Gasteiger partial charge on any atom is -0.370 e. The van der Waals surface area contributed by atoms with Gasteiger partial charge in [0, 0.05) is 4.47 Å². The second kappa shape index (κ2) is 3.61. The van der Waals surface area contributed by atoms with Gasteiger partial charge in [-0.2, -0.15) is 0 Å². The molecule has 4 heteroatoms. The predicted octanol–water partition coefficient (Wildman–Crippen LogP) is 1.97. The number of nitrogens with two attached hydrogens (primary N) is 1. The lowest BCUT2D eigenvalue weighted by Crippen LogP contribution is -2.39. The van der Waals surface area contributed by atoms with Crippen molar-refractivity contribution in [2.45, 2.75) is 13.0 Å². The second-order valence-corrected chi connectivity index (χ2v) is 4.22. The molecular weight excluding hydrogens is 242 g/mol. The maximum Gasteiger partial charge on any atom is 0.196 e. The molecule has 14 heavy (non-hydrogen) atoms. The fourth-order valence-electron chi connectivity index (χ4n) is 1.62. The molecule has 0 saturated heterocycles. The summed E-state index contributed by atoms with van der Waals surface area (Å²) < 4.78 is 1.05. The Morgan fingerprint density at radius 2 is 2.21 bits per heavy atom. The summed E-state index contributed by atoms with van der Waals surface area (Å²) in [4.78, 5) is 6.26. The van der Waals surface area contributed by atoms with Crippen molar-refractivity contribution >= 4 is 27.6 Å². The van der Waals surface area contributed by atoms with Crippen LogP contribution in [0, 0.1) is 0 Å². The lowest BCUT2D eigenvalue weighted by Gasteiger charge is -2.24. The van der Waals surface area contributed by atoms with E-state index >= 15 is 0 Å². The number of nitrogens with zero attached hydrogens (tertiary/aromatic N) is 2. The smallest absolute Gasteiger partial charge is 0.196 e. The molecule has 0 aromatic heterocycles. The van der Waals surface area contributed by atoms with Gasteiger partial charge < -0.3 is 10.6 Å². The van der Waals surface area contributed by atoms with Gasteiger partial charge in [-0.3, -0.25) is 4.99 Å². The highest BCUT2D eigenvalue weighted by molar-refractivity contribution is 9.10. The summed E-state index contributed by atoms with van der Waals surface area (Å²) in [5.41, 5.74) is 6.91. The Hall–Kier alpha value is -1.03. The van der Waals surface area contributed by atoms with Crippen molar-refractivity contribution in [3.8, 4) is 0 Å². The van der Waals surface area contributed by atoms with Crippen LogP contribution >= 0.6 is 15.9 Å². The molecule has 0 saturated carbocycles. The quantitative estimate of drug-likeness (QED) is 0.832. The van der Waals surface area contributed by atoms with Crippen molar-refractivity contribution in [3.63, 3.8) is 0 Å². The van der Waals surface area contributed by atoms with Crippen LogP contribution in [0.3, 0.4) is 0 Å². The van der Waals surface area contributed by atoms with E-state index in [0.717, 1.165) is 16.7 Å². The number of anilines is 1. The summed E-state index contributed by atoms with van der Waals surface area (Å²) in [7, 11) is 0. The van der Waals surface area contributed by atoms with Gasteiger partial charge in [0.2, 0.25) is 0 Å². The third kappa shape index (κ3) is 1.50. The fourth-order valence-corrected chi connectivity index (χ4v) is 2.09. The lowest BCUT2D eigenvalue weighted by atomic mass is 10.2. The van der Waals surface area contributed by atoms with E-state index in [4.69, 9.17) is 5.73 Å². The van der Waals surface area contributed by atoms with Crippen LogP contribution in [-0.4, -0.2) is 18.5 Å². The highest BCUT2D eigenvalue weighted by Crippen LogP contribution is 2.28. The van der Waals surface area contributed by atoms with Crippen LogP contribution in [0.5, 0.6) is 0 Å². The van der Waals surface area contributed by atoms with E-state index in [0.29, 0.717) is 12.0 Å². The Bertz CT molecular complexity index is 375. The third-order valence-electron chi connectivity index (χ3n) is 2.32. The molecule has 1 aliphatic rings. The zero-order valence-corrected chi connectivity index (χ0v) is 9.53. The van der Waals surface area contributed by atoms with Crippen LogP contribution in [0.4, 0.5) is 5.69 Å². The average molecular weight is 254 g/mol. The Morgan fingerprint density at radius 1 is 1.50 bits per heavy atom. The molecule has 0 fully saturated rings. The zero-order valence-electron chi connectivity index (χ0n) is 7.94. The fraction of sp³-hybridized carbons (Fsp3) is 0.300. The molecule has 0 bridgehead atoms. The zero-order chi connectivity index (χ0) is 10.1. The molecule has 2 rings (SSSR count). The maximum absolute atomic E-state index is 5.83. The predicted molar refractivity (Wildman–Crippen MR) is 62.6 cm³/mol. The van der Waals surface area contributed by atoms with Gasteiger partial charge in [0.15, 0.2) is 5.96 Å². The Kier molecular flexibility index (Phi) is 2.46. The molecular formula is C10H12BrN3. The van der Waals surface area contributed by atoms with Crippen LogP contribution in [0.2, 0.25) is 0 Å². The van der Waals surface area contributed by atoms with Crippen molar-refractivity contribution < 1.29 is 0 Å².